The minimum absolute atomic E-state index is 0.0450. The first-order chi connectivity index (χ1) is 4.70. The van der Waals surface area contributed by atoms with Gasteiger partial charge < -0.3 is 0 Å². The lowest BCUT2D eigenvalue weighted by molar-refractivity contribution is 1.14. The molecule has 0 heterocycles. The normalized spacial score (nSPS) is 8.20. The van der Waals surface area contributed by atoms with Crippen LogP contribution in [0, 0.1) is 22.7 Å². The third-order valence-electron chi connectivity index (χ3n) is 0.550. The predicted octanol–water partition coefficient (Wildman–Crippen LogP) is 1.51. The van der Waals surface area contributed by atoms with Gasteiger partial charge in [0.05, 0.1) is 0 Å². The first kappa shape index (κ1) is 8.06. The van der Waals surface area contributed by atoms with Crippen molar-refractivity contribution in [2.45, 2.75) is 0 Å². The van der Waals surface area contributed by atoms with Crippen molar-refractivity contribution in [2.75, 3.05) is 0 Å². The number of hydrogen-bond donors (Lipinski definition) is 0. The molecule has 0 N–H and O–H groups in total. The van der Waals surface area contributed by atoms with Crippen LogP contribution in [-0.2, 0) is 0 Å². The second-order valence-corrected chi connectivity index (χ2v) is 1.32. The van der Waals surface area contributed by atoms with Crippen molar-refractivity contribution in [3.63, 3.8) is 0 Å². The van der Waals surface area contributed by atoms with Crippen molar-refractivity contribution in [3.05, 3.63) is 24.6 Å². The zero-order valence-corrected chi connectivity index (χ0v) is 5.20. The maximum atomic E-state index is 8.10. The summed E-state index contributed by atoms with van der Waals surface area (Å²) in [6, 6.07) is 3.28. The van der Waals surface area contributed by atoms with Crippen LogP contribution in [0.2, 0.25) is 0 Å². The Labute approximate surface area is 58.4 Å². The SMILES string of the molecule is C=C(C#N)/N=N/C(=C)C#N. The van der Waals surface area contributed by atoms with E-state index >= 15 is 0 Å². The number of nitrogens with zero attached hydrogens (tertiary/aromatic N) is 4. The van der Waals surface area contributed by atoms with E-state index in [0.717, 1.165) is 0 Å². The van der Waals surface area contributed by atoms with Gasteiger partial charge in [-0.2, -0.15) is 10.5 Å². The predicted molar refractivity (Wildman–Crippen MR) is 34.4 cm³/mol. The summed E-state index contributed by atoms with van der Waals surface area (Å²) in [6.07, 6.45) is 0. The van der Waals surface area contributed by atoms with E-state index in [4.69, 9.17) is 10.5 Å². The van der Waals surface area contributed by atoms with Crippen LogP contribution in [0.1, 0.15) is 0 Å². The van der Waals surface area contributed by atoms with E-state index in [1.54, 1.807) is 12.1 Å². The monoisotopic (exact) mass is 132 g/mol. The van der Waals surface area contributed by atoms with Gasteiger partial charge in [0.1, 0.15) is 12.1 Å². The largest absolute Gasteiger partial charge is 0.191 e. The van der Waals surface area contributed by atoms with E-state index in [0.29, 0.717) is 0 Å². The lowest BCUT2D eigenvalue weighted by atomic mass is 10.6. The molecule has 0 atom stereocenters. The Morgan fingerprint density at radius 1 is 1.00 bits per heavy atom. The second kappa shape index (κ2) is 3.99. The molecule has 48 valence electrons. The fraction of sp³-hybridized carbons (Fsp3) is 0. The third-order valence-corrected chi connectivity index (χ3v) is 0.550. The lowest BCUT2D eigenvalue weighted by Crippen LogP contribution is -1.67. The standard InChI is InChI=1S/C6H4N4/c1-5(3-7)9-10-6(2)4-8/h1-2H2/b10-9+. The number of nitriles is 2. The second-order valence-electron chi connectivity index (χ2n) is 1.32. The molecule has 0 unspecified atom stereocenters. The molecule has 0 bridgehead atoms. The Morgan fingerprint density at radius 3 is 1.50 bits per heavy atom. The van der Waals surface area contributed by atoms with E-state index in [1.807, 2.05) is 0 Å². The molecule has 0 amide bonds. The third kappa shape index (κ3) is 3.11. The molecule has 0 radical (unpaired) electrons. The lowest BCUT2D eigenvalue weighted by Gasteiger charge is -1.79. The maximum absolute atomic E-state index is 8.10. The number of allylic oxidation sites excluding steroid dienone is 2. The molecule has 0 aliphatic carbocycles. The molecule has 4 heteroatoms. The highest BCUT2D eigenvalue weighted by Gasteiger charge is 1.85. The molecule has 0 saturated heterocycles. The highest BCUT2D eigenvalue weighted by molar-refractivity contribution is 5.17. The molecule has 0 fully saturated rings. The van der Waals surface area contributed by atoms with Crippen LogP contribution in [0.5, 0.6) is 0 Å². The van der Waals surface area contributed by atoms with E-state index in [-0.39, 0.29) is 11.4 Å². The van der Waals surface area contributed by atoms with Crippen LogP contribution in [0.4, 0.5) is 0 Å². The average Bonchev–Trinajstić information content (AvgIpc) is 1.99. The maximum Gasteiger partial charge on any atom is 0.155 e. The van der Waals surface area contributed by atoms with Crippen LogP contribution >= 0.6 is 0 Å². The molecule has 0 aliphatic heterocycles. The zero-order valence-electron chi connectivity index (χ0n) is 5.20. The molecule has 0 aromatic heterocycles. The minimum Gasteiger partial charge on any atom is -0.191 e. The summed E-state index contributed by atoms with van der Waals surface area (Å²) < 4.78 is 0. The van der Waals surface area contributed by atoms with E-state index in [9.17, 15) is 0 Å². The van der Waals surface area contributed by atoms with Crippen LogP contribution in [0.15, 0.2) is 34.8 Å². The van der Waals surface area contributed by atoms with Gasteiger partial charge in [-0.1, -0.05) is 13.2 Å². The Morgan fingerprint density at radius 2 is 1.30 bits per heavy atom. The van der Waals surface area contributed by atoms with Gasteiger partial charge in [-0.15, -0.1) is 10.2 Å². The highest BCUT2D eigenvalue weighted by Crippen LogP contribution is 1.95. The van der Waals surface area contributed by atoms with E-state index < -0.39 is 0 Å². The molecule has 0 aromatic carbocycles. The molecule has 0 spiro atoms. The fourth-order valence-corrected chi connectivity index (χ4v) is 0.165. The summed E-state index contributed by atoms with van der Waals surface area (Å²) in [5, 5.41) is 22.7. The van der Waals surface area contributed by atoms with Gasteiger partial charge in [0.25, 0.3) is 0 Å². The average molecular weight is 132 g/mol. The molecule has 10 heavy (non-hydrogen) atoms. The summed E-state index contributed by atoms with van der Waals surface area (Å²) in [4.78, 5) is 0. The summed E-state index contributed by atoms with van der Waals surface area (Å²) in [7, 11) is 0. The van der Waals surface area contributed by atoms with Gasteiger partial charge in [-0.05, 0) is 0 Å². The Bertz CT molecular complexity index is 232. The number of azo groups is 1. The molecule has 4 nitrogen and oxygen atoms in total. The summed E-state index contributed by atoms with van der Waals surface area (Å²) in [5.41, 5.74) is -0.0900. The Kier molecular flexibility index (Phi) is 3.22. The quantitative estimate of drug-likeness (QED) is 0.422. The van der Waals surface area contributed by atoms with Crippen molar-refractivity contribution in [1.82, 2.24) is 0 Å². The minimum atomic E-state index is -0.0450. The summed E-state index contributed by atoms with van der Waals surface area (Å²) in [6.45, 7) is 6.41. The van der Waals surface area contributed by atoms with Crippen molar-refractivity contribution in [3.8, 4) is 12.1 Å². The smallest absolute Gasteiger partial charge is 0.155 e. The van der Waals surface area contributed by atoms with Gasteiger partial charge in [0.2, 0.25) is 0 Å². The van der Waals surface area contributed by atoms with Crippen molar-refractivity contribution in [2.24, 2.45) is 10.2 Å². The van der Waals surface area contributed by atoms with Crippen LogP contribution in [0.3, 0.4) is 0 Å². The first-order valence-electron chi connectivity index (χ1n) is 2.30. The molecule has 0 aliphatic rings. The zero-order chi connectivity index (χ0) is 7.98. The molecular weight excluding hydrogens is 128 g/mol. The number of hydrogen-bond acceptors (Lipinski definition) is 4. The summed E-state index contributed by atoms with van der Waals surface area (Å²) in [5.74, 6) is 0. The van der Waals surface area contributed by atoms with Crippen molar-refractivity contribution < 1.29 is 0 Å². The molecule has 0 saturated carbocycles. The highest BCUT2D eigenvalue weighted by atomic mass is 15.1. The first-order valence-corrected chi connectivity index (χ1v) is 2.30. The fourth-order valence-electron chi connectivity index (χ4n) is 0.165. The molecular formula is C6H4N4. The van der Waals surface area contributed by atoms with Crippen LogP contribution in [0.25, 0.3) is 0 Å². The molecule has 0 aromatic rings. The summed E-state index contributed by atoms with van der Waals surface area (Å²) >= 11 is 0. The Hall–Kier alpha value is -1.94. The van der Waals surface area contributed by atoms with Crippen molar-refractivity contribution in [1.29, 1.82) is 10.5 Å². The van der Waals surface area contributed by atoms with Gasteiger partial charge in [0, 0.05) is 0 Å². The van der Waals surface area contributed by atoms with Gasteiger partial charge in [0.15, 0.2) is 11.4 Å². The van der Waals surface area contributed by atoms with Gasteiger partial charge >= 0.3 is 0 Å². The van der Waals surface area contributed by atoms with Crippen molar-refractivity contribution >= 4 is 0 Å². The topological polar surface area (TPSA) is 72.3 Å². The van der Waals surface area contributed by atoms with E-state index in [2.05, 4.69) is 23.4 Å². The van der Waals surface area contributed by atoms with Crippen LogP contribution in [-0.4, -0.2) is 0 Å². The Balaban J connectivity index is 4.07. The van der Waals surface area contributed by atoms with E-state index in [1.165, 1.54) is 0 Å². The molecule has 0 rings (SSSR count). The van der Waals surface area contributed by atoms with Gasteiger partial charge in [-0.25, -0.2) is 0 Å². The van der Waals surface area contributed by atoms with Crippen LogP contribution < -0.4 is 0 Å². The van der Waals surface area contributed by atoms with Gasteiger partial charge in [-0.3, -0.25) is 0 Å². The number of rotatable bonds is 2.